The van der Waals surface area contributed by atoms with E-state index in [1.165, 1.54) is 0 Å². The average molecular weight is 353 g/mol. The number of nitrogens with zero attached hydrogens (tertiary/aromatic N) is 1. The molecule has 1 aromatic heterocycles. The van der Waals surface area contributed by atoms with Crippen molar-refractivity contribution in [3.05, 3.63) is 95.7 Å². The Hall–Kier alpha value is -3.46. The number of rotatable bonds is 4. The van der Waals surface area contributed by atoms with E-state index >= 15 is 0 Å². The van der Waals surface area contributed by atoms with E-state index in [1.807, 2.05) is 36.4 Å². The fourth-order valence-corrected chi connectivity index (χ4v) is 3.20. The van der Waals surface area contributed by atoms with E-state index in [-0.39, 0.29) is 5.78 Å². The van der Waals surface area contributed by atoms with Gasteiger partial charge < -0.3 is 4.74 Å². The van der Waals surface area contributed by atoms with Crippen LogP contribution in [0.4, 0.5) is 0 Å². The van der Waals surface area contributed by atoms with Gasteiger partial charge in [-0.1, -0.05) is 42.0 Å². The van der Waals surface area contributed by atoms with Crippen molar-refractivity contribution in [2.24, 2.45) is 0 Å². The van der Waals surface area contributed by atoms with Crippen LogP contribution >= 0.6 is 0 Å². The monoisotopic (exact) mass is 353 g/mol. The molecule has 4 rings (SSSR count). The minimum absolute atomic E-state index is 0.0997. The van der Waals surface area contributed by atoms with Gasteiger partial charge in [0.25, 0.3) is 0 Å². The Morgan fingerprint density at radius 3 is 2.33 bits per heavy atom. The van der Waals surface area contributed by atoms with Crippen LogP contribution in [0.25, 0.3) is 22.0 Å². The van der Waals surface area contributed by atoms with Crippen molar-refractivity contribution < 1.29 is 9.53 Å². The van der Waals surface area contributed by atoms with Crippen molar-refractivity contribution in [1.82, 2.24) is 4.98 Å². The van der Waals surface area contributed by atoms with Gasteiger partial charge in [0.1, 0.15) is 11.4 Å². The zero-order valence-corrected chi connectivity index (χ0v) is 15.3. The summed E-state index contributed by atoms with van der Waals surface area (Å²) < 4.78 is 5.17. The summed E-state index contributed by atoms with van der Waals surface area (Å²) in [6.45, 7) is 2.06. The number of aryl methyl sites for hydroxylation is 1. The maximum atomic E-state index is 13.0. The lowest BCUT2D eigenvalue weighted by atomic mass is 9.97. The van der Waals surface area contributed by atoms with Crippen molar-refractivity contribution in [1.29, 1.82) is 0 Å². The van der Waals surface area contributed by atoms with Crippen LogP contribution in [0.1, 0.15) is 21.6 Å². The van der Waals surface area contributed by atoms with Gasteiger partial charge in [-0.3, -0.25) is 4.79 Å². The number of ether oxygens (including phenoxy) is 1. The standard InChI is InChI=1S/C24H19NO2/c1-16-8-13-22-21(14-16)20(17-6-4-3-5-7-17)15-23(25-22)24(26)18-9-11-19(27-2)12-10-18/h3-15H,1-2H3. The molecule has 0 aliphatic rings. The molecular formula is C24H19NO2. The number of pyridine rings is 1. The number of hydrogen-bond donors (Lipinski definition) is 0. The predicted molar refractivity (Wildman–Crippen MR) is 108 cm³/mol. The minimum Gasteiger partial charge on any atom is -0.497 e. The smallest absolute Gasteiger partial charge is 0.211 e. The van der Waals surface area contributed by atoms with Crippen LogP contribution in [0.5, 0.6) is 5.75 Å². The summed E-state index contributed by atoms with van der Waals surface area (Å²) in [6, 6.07) is 25.2. The molecule has 27 heavy (non-hydrogen) atoms. The molecule has 0 radical (unpaired) electrons. The average Bonchev–Trinajstić information content (AvgIpc) is 2.73. The number of ketones is 1. The summed E-state index contributed by atoms with van der Waals surface area (Å²) in [5.74, 6) is 0.621. The normalized spacial score (nSPS) is 10.7. The van der Waals surface area contributed by atoms with Crippen LogP contribution in [0, 0.1) is 6.92 Å². The van der Waals surface area contributed by atoms with E-state index < -0.39 is 0 Å². The summed E-state index contributed by atoms with van der Waals surface area (Å²) in [7, 11) is 1.61. The van der Waals surface area contributed by atoms with Crippen molar-refractivity contribution in [3.8, 4) is 16.9 Å². The molecule has 0 aliphatic heterocycles. The van der Waals surface area contributed by atoms with Crippen LogP contribution in [0.2, 0.25) is 0 Å². The molecule has 1 heterocycles. The zero-order valence-electron chi connectivity index (χ0n) is 15.3. The second-order valence-corrected chi connectivity index (χ2v) is 6.50. The fraction of sp³-hybridized carbons (Fsp3) is 0.0833. The van der Waals surface area contributed by atoms with E-state index in [0.29, 0.717) is 11.3 Å². The lowest BCUT2D eigenvalue weighted by molar-refractivity contribution is 0.103. The third-order valence-electron chi connectivity index (χ3n) is 4.63. The second-order valence-electron chi connectivity index (χ2n) is 6.50. The second kappa shape index (κ2) is 7.04. The van der Waals surface area contributed by atoms with Crippen LogP contribution in [-0.2, 0) is 0 Å². The summed E-state index contributed by atoms with van der Waals surface area (Å²) in [4.78, 5) is 17.7. The Labute approximate surface area is 158 Å². The topological polar surface area (TPSA) is 39.2 Å². The highest BCUT2D eigenvalue weighted by Crippen LogP contribution is 2.30. The third-order valence-corrected chi connectivity index (χ3v) is 4.63. The zero-order chi connectivity index (χ0) is 18.8. The van der Waals surface area contributed by atoms with Gasteiger partial charge in [0.2, 0.25) is 5.78 Å². The number of benzene rings is 3. The van der Waals surface area contributed by atoms with E-state index in [4.69, 9.17) is 4.74 Å². The highest BCUT2D eigenvalue weighted by Gasteiger charge is 2.15. The molecule has 0 saturated heterocycles. The Morgan fingerprint density at radius 2 is 1.63 bits per heavy atom. The summed E-state index contributed by atoms with van der Waals surface area (Å²) in [5.41, 5.74) is 5.10. The van der Waals surface area contributed by atoms with Crippen molar-refractivity contribution in [2.45, 2.75) is 6.92 Å². The Morgan fingerprint density at radius 1 is 0.889 bits per heavy atom. The SMILES string of the molecule is COc1ccc(C(=O)c2cc(-c3ccccc3)c3cc(C)ccc3n2)cc1. The summed E-state index contributed by atoms with van der Waals surface area (Å²) in [6.07, 6.45) is 0. The van der Waals surface area contributed by atoms with Gasteiger partial charge in [-0.2, -0.15) is 0 Å². The third kappa shape index (κ3) is 3.32. The van der Waals surface area contributed by atoms with Crippen molar-refractivity contribution >= 4 is 16.7 Å². The van der Waals surface area contributed by atoms with Crippen LogP contribution in [0.3, 0.4) is 0 Å². The first-order valence-electron chi connectivity index (χ1n) is 8.81. The molecule has 0 saturated carbocycles. The van der Waals surface area contributed by atoms with E-state index in [1.54, 1.807) is 31.4 Å². The first-order valence-corrected chi connectivity index (χ1v) is 8.81. The maximum Gasteiger partial charge on any atom is 0.211 e. The van der Waals surface area contributed by atoms with Gasteiger partial charge in [-0.05, 0) is 60.5 Å². The molecule has 0 atom stereocenters. The molecule has 0 unspecified atom stereocenters. The molecule has 3 aromatic carbocycles. The number of methoxy groups -OCH3 is 1. The molecule has 3 heteroatoms. The van der Waals surface area contributed by atoms with Gasteiger partial charge in [0.05, 0.1) is 12.6 Å². The fourth-order valence-electron chi connectivity index (χ4n) is 3.20. The van der Waals surface area contributed by atoms with E-state index in [9.17, 15) is 4.79 Å². The predicted octanol–water partition coefficient (Wildman–Crippen LogP) is 5.45. The lowest BCUT2D eigenvalue weighted by Crippen LogP contribution is -2.05. The molecule has 0 spiro atoms. The number of aromatic nitrogens is 1. The largest absolute Gasteiger partial charge is 0.497 e. The van der Waals surface area contributed by atoms with Gasteiger partial charge >= 0.3 is 0 Å². The quantitative estimate of drug-likeness (QED) is 0.458. The van der Waals surface area contributed by atoms with Crippen LogP contribution in [-0.4, -0.2) is 17.9 Å². The lowest BCUT2D eigenvalue weighted by Gasteiger charge is -2.11. The van der Waals surface area contributed by atoms with E-state index in [0.717, 1.165) is 33.3 Å². The highest BCUT2D eigenvalue weighted by molar-refractivity contribution is 6.10. The van der Waals surface area contributed by atoms with Gasteiger partial charge in [-0.15, -0.1) is 0 Å². The Bertz CT molecular complexity index is 1120. The molecule has 0 N–H and O–H groups in total. The van der Waals surface area contributed by atoms with Gasteiger partial charge in [0, 0.05) is 10.9 Å². The van der Waals surface area contributed by atoms with Gasteiger partial charge in [-0.25, -0.2) is 4.98 Å². The van der Waals surface area contributed by atoms with Crippen molar-refractivity contribution in [2.75, 3.05) is 7.11 Å². The van der Waals surface area contributed by atoms with Gasteiger partial charge in [0.15, 0.2) is 0 Å². The number of hydrogen-bond acceptors (Lipinski definition) is 3. The molecular weight excluding hydrogens is 334 g/mol. The molecule has 132 valence electrons. The van der Waals surface area contributed by atoms with E-state index in [2.05, 4.69) is 30.1 Å². The number of carbonyl (C=O) groups excluding carboxylic acids is 1. The molecule has 4 aromatic rings. The molecule has 0 aliphatic carbocycles. The van der Waals surface area contributed by atoms with Crippen LogP contribution in [0.15, 0.2) is 78.9 Å². The van der Waals surface area contributed by atoms with Crippen LogP contribution < -0.4 is 4.74 Å². The molecule has 0 amide bonds. The Kier molecular flexibility index (Phi) is 4.43. The first-order chi connectivity index (χ1) is 13.2. The van der Waals surface area contributed by atoms with Crippen molar-refractivity contribution in [3.63, 3.8) is 0 Å². The molecule has 0 bridgehead atoms. The molecule has 0 fully saturated rings. The number of fused-ring (bicyclic) bond motifs is 1. The number of carbonyl (C=O) groups is 1. The summed E-state index contributed by atoms with van der Waals surface area (Å²) >= 11 is 0. The summed E-state index contributed by atoms with van der Waals surface area (Å²) in [5, 5.41) is 1.05. The minimum atomic E-state index is -0.0997. The highest BCUT2D eigenvalue weighted by atomic mass is 16.5. The maximum absolute atomic E-state index is 13.0. The first kappa shape index (κ1) is 17.0. The molecule has 3 nitrogen and oxygen atoms in total. The Balaban J connectivity index is 1.88.